The maximum Gasteiger partial charge on any atom is 0.0990 e. The molecule has 0 bridgehead atoms. The van der Waals surface area contributed by atoms with Gasteiger partial charge in [-0.05, 0) is 6.42 Å². The Morgan fingerprint density at radius 2 is 2.25 bits per heavy atom. The van der Waals surface area contributed by atoms with Crippen LogP contribution in [0.15, 0.2) is 24.7 Å². The Morgan fingerprint density at radius 3 is 2.92 bits per heavy atom. The van der Waals surface area contributed by atoms with Crippen LogP contribution in [-0.2, 0) is 4.74 Å². The number of nitrogens with zero attached hydrogens (tertiary/aromatic N) is 1. The summed E-state index contributed by atoms with van der Waals surface area (Å²) >= 11 is 0. The molecular formula is C10H17NO. The molecule has 1 aliphatic heterocycles. The van der Waals surface area contributed by atoms with Crippen molar-refractivity contribution in [2.24, 2.45) is 5.41 Å². The number of ether oxygens (including phenoxy) is 1. The molecule has 0 radical (unpaired) electrons. The topological polar surface area (TPSA) is 12.5 Å². The largest absolute Gasteiger partial charge is 0.500 e. The van der Waals surface area contributed by atoms with Crippen molar-refractivity contribution in [2.75, 3.05) is 13.7 Å². The van der Waals surface area contributed by atoms with Crippen LogP contribution in [0.1, 0.15) is 20.3 Å². The molecule has 12 heavy (non-hydrogen) atoms. The van der Waals surface area contributed by atoms with E-state index in [1.54, 1.807) is 6.26 Å². The van der Waals surface area contributed by atoms with E-state index in [4.69, 9.17) is 4.74 Å². The van der Waals surface area contributed by atoms with E-state index < -0.39 is 0 Å². The van der Waals surface area contributed by atoms with Crippen LogP contribution < -0.4 is 0 Å². The quantitative estimate of drug-likeness (QED) is 0.549. The van der Waals surface area contributed by atoms with Gasteiger partial charge in [0.15, 0.2) is 0 Å². The van der Waals surface area contributed by atoms with Gasteiger partial charge in [-0.2, -0.15) is 0 Å². The smallest absolute Gasteiger partial charge is 0.0990 e. The second-order valence-electron chi connectivity index (χ2n) is 3.85. The summed E-state index contributed by atoms with van der Waals surface area (Å²) in [6, 6.07) is 0. The van der Waals surface area contributed by atoms with Crippen LogP contribution in [0.3, 0.4) is 0 Å². The van der Waals surface area contributed by atoms with E-state index in [9.17, 15) is 0 Å². The summed E-state index contributed by atoms with van der Waals surface area (Å²) in [7, 11) is 2.00. The van der Waals surface area contributed by atoms with Crippen LogP contribution in [0, 0.1) is 5.41 Å². The number of rotatable bonds is 0. The van der Waals surface area contributed by atoms with Crippen molar-refractivity contribution in [1.82, 2.24) is 4.90 Å². The van der Waals surface area contributed by atoms with Crippen LogP contribution >= 0.6 is 0 Å². The van der Waals surface area contributed by atoms with E-state index >= 15 is 0 Å². The fraction of sp³-hybridized carbons (Fsp3) is 0.600. The van der Waals surface area contributed by atoms with Gasteiger partial charge in [0, 0.05) is 24.4 Å². The van der Waals surface area contributed by atoms with Crippen LogP contribution in [0.2, 0.25) is 0 Å². The van der Waals surface area contributed by atoms with E-state index in [2.05, 4.69) is 20.4 Å². The molecule has 0 atom stereocenters. The van der Waals surface area contributed by atoms with E-state index in [0.717, 1.165) is 18.7 Å². The lowest BCUT2D eigenvalue weighted by molar-refractivity contribution is 0.174. The highest BCUT2D eigenvalue weighted by Crippen LogP contribution is 2.31. The third-order valence-electron chi connectivity index (χ3n) is 2.43. The van der Waals surface area contributed by atoms with E-state index in [-0.39, 0.29) is 5.41 Å². The Hall–Kier alpha value is -0.920. The first kappa shape index (κ1) is 9.17. The first-order chi connectivity index (χ1) is 5.54. The molecule has 68 valence electrons. The highest BCUT2D eigenvalue weighted by atomic mass is 16.5. The first-order valence-corrected chi connectivity index (χ1v) is 4.24. The van der Waals surface area contributed by atoms with Crippen molar-refractivity contribution in [1.29, 1.82) is 0 Å². The minimum Gasteiger partial charge on any atom is -0.500 e. The SMILES string of the molecule is C=C1N(C)/C=C\OCCC1(C)C. The molecule has 2 heteroatoms. The third kappa shape index (κ3) is 1.81. The monoisotopic (exact) mass is 167 g/mol. The highest BCUT2D eigenvalue weighted by molar-refractivity contribution is 5.09. The molecule has 1 heterocycles. The van der Waals surface area contributed by atoms with Crippen molar-refractivity contribution in [3.8, 4) is 0 Å². The fourth-order valence-electron chi connectivity index (χ4n) is 1.23. The summed E-state index contributed by atoms with van der Waals surface area (Å²) < 4.78 is 5.27. The van der Waals surface area contributed by atoms with Gasteiger partial charge in [0.05, 0.1) is 12.9 Å². The maximum atomic E-state index is 5.27. The molecule has 0 aromatic carbocycles. The summed E-state index contributed by atoms with van der Waals surface area (Å²) in [4.78, 5) is 2.01. The van der Waals surface area contributed by atoms with Crippen LogP contribution in [0.5, 0.6) is 0 Å². The summed E-state index contributed by atoms with van der Waals surface area (Å²) in [6.45, 7) is 9.22. The summed E-state index contributed by atoms with van der Waals surface area (Å²) in [5.74, 6) is 0. The average Bonchev–Trinajstić information content (AvgIpc) is 2.00. The van der Waals surface area contributed by atoms with Crippen molar-refractivity contribution in [3.63, 3.8) is 0 Å². The zero-order valence-corrected chi connectivity index (χ0v) is 8.13. The molecular weight excluding hydrogens is 150 g/mol. The first-order valence-electron chi connectivity index (χ1n) is 4.24. The van der Waals surface area contributed by atoms with Gasteiger partial charge in [0.1, 0.15) is 0 Å². The molecule has 0 amide bonds. The Labute approximate surface area is 74.5 Å². The zero-order valence-electron chi connectivity index (χ0n) is 8.13. The molecule has 0 unspecified atom stereocenters. The van der Waals surface area contributed by atoms with Gasteiger partial charge >= 0.3 is 0 Å². The predicted molar refractivity (Wildman–Crippen MR) is 50.4 cm³/mol. The number of allylic oxidation sites excluding steroid dienone is 1. The van der Waals surface area contributed by atoms with Gasteiger partial charge in [-0.3, -0.25) is 0 Å². The average molecular weight is 167 g/mol. The Morgan fingerprint density at radius 1 is 1.58 bits per heavy atom. The van der Waals surface area contributed by atoms with Crippen molar-refractivity contribution >= 4 is 0 Å². The zero-order chi connectivity index (χ0) is 9.19. The molecule has 0 spiro atoms. The molecule has 1 aliphatic rings. The van der Waals surface area contributed by atoms with Gasteiger partial charge in [0.2, 0.25) is 0 Å². The summed E-state index contributed by atoms with van der Waals surface area (Å²) in [5.41, 5.74) is 1.28. The molecule has 0 saturated carbocycles. The lowest BCUT2D eigenvalue weighted by Gasteiger charge is -2.33. The van der Waals surface area contributed by atoms with Crippen molar-refractivity contribution in [3.05, 3.63) is 24.7 Å². The fourth-order valence-corrected chi connectivity index (χ4v) is 1.23. The predicted octanol–water partition coefficient (Wildman–Crippen LogP) is 2.35. The van der Waals surface area contributed by atoms with Crippen molar-refractivity contribution < 1.29 is 4.74 Å². The second-order valence-corrected chi connectivity index (χ2v) is 3.85. The van der Waals surface area contributed by atoms with Crippen LogP contribution in [0.25, 0.3) is 0 Å². The molecule has 2 nitrogen and oxygen atoms in total. The molecule has 0 fully saturated rings. The lowest BCUT2D eigenvalue weighted by Crippen LogP contribution is -2.27. The Kier molecular flexibility index (Phi) is 2.46. The van der Waals surface area contributed by atoms with E-state index in [0.29, 0.717) is 0 Å². The van der Waals surface area contributed by atoms with E-state index in [1.165, 1.54) is 0 Å². The van der Waals surface area contributed by atoms with Gasteiger partial charge in [-0.1, -0.05) is 20.4 Å². The number of hydrogen-bond acceptors (Lipinski definition) is 2. The molecule has 0 aromatic heterocycles. The minimum atomic E-state index is 0.138. The molecule has 0 aromatic rings. The van der Waals surface area contributed by atoms with E-state index in [1.807, 2.05) is 18.1 Å². The summed E-state index contributed by atoms with van der Waals surface area (Å²) in [5, 5.41) is 0. The normalized spacial score (nSPS) is 25.6. The Balaban J connectivity index is 2.81. The standard InChI is InChI=1S/C10H17NO/c1-9-10(2,3)5-7-12-8-6-11(9)4/h6,8H,1,5,7H2,2-4H3/b8-6-. The van der Waals surface area contributed by atoms with Crippen LogP contribution in [-0.4, -0.2) is 18.6 Å². The molecule has 0 aliphatic carbocycles. The van der Waals surface area contributed by atoms with Gasteiger partial charge in [-0.25, -0.2) is 0 Å². The van der Waals surface area contributed by atoms with Crippen molar-refractivity contribution in [2.45, 2.75) is 20.3 Å². The minimum absolute atomic E-state index is 0.138. The summed E-state index contributed by atoms with van der Waals surface area (Å²) in [6.07, 6.45) is 4.64. The number of hydrogen-bond donors (Lipinski definition) is 0. The Bertz CT molecular complexity index is 206. The maximum absolute atomic E-state index is 5.27. The van der Waals surface area contributed by atoms with Gasteiger partial charge in [-0.15, -0.1) is 0 Å². The third-order valence-corrected chi connectivity index (χ3v) is 2.43. The molecule has 0 saturated heterocycles. The highest BCUT2D eigenvalue weighted by Gasteiger charge is 2.24. The van der Waals surface area contributed by atoms with Crippen LogP contribution in [0.4, 0.5) is 0 Å². The molecule has 0 N–H and O–H groups in total. The van der Waals surface area contributed by atoms with Gasteiger partial charge < -0.3 is 9.64 Å². The second kappa shape index (κ2) is 3.21. The molecule has 1 rings (SSSR count). The van der Waals surface area contributed by atoms with Gasteiger partial charge in [0.25, 0.3) is 0 Å². The lowest BCUT2D eigenvalue weighted by atomic mass is 9.86.